The summed E-state index contributed by atoms with van der Waals surface area (Å²) < 4.78 is 6.95. The van der Waals surface area contributed by atoms with Crippen molar-refractivity contribution in [3.63, 3.8) is 0 Å². The summed E-state index contributed by atoms with van der Waals surface area (Å²) >= 11 is 5.48. The molecule has 0 bridgehead atoms. The summed E-state index contributed by atoms with van der Waals surface area (Å²) in [5, 5.41) is 0. The largest absolute Gasteiger partial charge is 0.374 e. The zero-order valence-corrected chi connectivity index (χ0v) is 11.5. The Balaban J connectivity index is 2.83. The van der Waals surface area contributed by atoms with Crippen LogP contribution in [0.15, 0.2) is 22.7 Å². The normalized spacial score (nSPS) is 10.2. The predicted octanol–water partition coefficient (Wildman–Crippen LogP) is 3.27. The van der Waals surface area contributed by atoms with Gasteiger partial charge >= 0.3 is 0 Å². The SMILES string of the molecule is CCOCC(=O)c1cc(Br)ccc1I. The second-order valence-corrected chi connectivity index (χ2v) is 4.76. The summed E-state index contributed by atoms with van der Waals surface area (Å²) in [5.74, 6) is 0.0255. The van der Waals surface area contributed by atoms with E-state index in [1.54, 1.807) is 0 Å². The number of halogens is 2. The third kappa shape index (κ3) is 3.33. The van der Waals surface area contributed by atoms with Crippen LogP contribution in [0.25, 0.3) is 0 Å². The summed E-state index contributed by atoms with van der Waals surface area (Å²) in [6, 6.07) is 5.65. The van der Waals surface area contributed by atoms with Crippen LogP contribution in [-0.4, -0.2) is 19.0 Å². The third-order valence-electron chi connectivity index (χ3n) is 1.67. The zero-order valence-electron chi connectivity index (χ0n) is 7.72. The molecule has 0 saturated heterocycles. The van der Waals surface area contributed by atoms with E-state index in [2.05, 4.69) is 38.5 Å². The maximum Gasteiger partial charge on any atom is 0.189 e. The Kier molecular flexibility index (Phi) is 5.05. The van der Waals surface area contributed by atoms with Crippen molar-refractivity contribution in [2.24, 2.45) is 0 Å². The average Bonchev–Trinajstić information content (AvgIpc) is 2.18. The molecular weight excluding hydrogens is 359 g/mol. The van der Waals surface area contributed by atoms with Gasteiger partial charge in [0.2, 0.25) is 0 Å². The Morgan fingerprint density at radius 3 is 2.93 bits per heavy atom. The van der Waals surface area contributed by atoms with E-state index in [0.29, 0.717) is 12.2 Å². The lowest BCUT2D eigenvalue weighted by Gasteiger charge is -2.04. The first-order valence-electron chi connectivity index (χ1n) is 4.21. The monoisotopic (exact) mass is 368 g/mol. The number of carbonyl (C=O) groups excluding carboxylic acids is 1. The molecule has 0 saturated carbocycles. The highest BCUT2D eigenvalue weighted by atomic mass is 127. The van der Waals surface area contributed by atoms with Gasteiger partial charge in [0.15, 0.2) is 5.78 Å². The number of Topliss-reactive ketones (excluding diaryl/α,β-unsaturated/α-hetero) is 1. The molecule has 1 aromatic rings. The van der Waals surface area contributed by atoms with E-state index in [1.807, 2.05) is 25.1 Å². The Morgan fingerprint density at radius 2 is 2.29 bits per heavy atom. The van der Waals surface area contributed by atoms with E-state index in [4.69, 9.17) is 4.74 Å². The molecular formula is C10H10BrIO2. The second-order valence-electron chi connectivity index (χ2n) is 2.68. The molecule has 2 nitrogen and oxygen atoms in total. The van der Waals surface area contributed by atoms with Crippen molar-refractivity contribution in [1.29, 1.82) is 0 Å². The molecule has 0 fully saturated rings. The fourth-order valence-electron chi connectivity index (χ4n) is 0.984. The summed E-state index contributed by atoms with van der Waals surface area (Å²) in [4.78, 5) is 11.6. The molecule has 4 heteroatoms. The molecule has 0 heterocycles. The lowest BCUT2D eigenvalue weighted by Crippen LogP contribution is -2.10. The van der Waals surface area contributed by atoms with Crippen LogP contribution in [-0.2, 0) is 4.74 Å². The molecule has 0 atom stereocenters. The van der Waals surface area contributed by atoms with Crippen molar-refractivity contribution in [3.05, 3.63) is 31.8 Å². The molecule has 0 radical (unpaired) electrons. The van der Waals surface area contributed by atoms with Crippen molar-refractivity contribution in [2.45, 2.75) is 6.92 Å². The molecule has 76 valence electrons. The van der Waals surface area contributed by atoms with Gasteiger partial charge in [0.1, 0.15) is 6.61 Å². The van der Waals surface area contributed by atoms with Crippen LogP contribution in [0.1, 0.15) is 17.3 Å². The topological polar surface area (TPSA) is 26.3 Å². The number of ketones is 1. The van der Waals surface area contributed by atoms with Gasteiger partial charge in [0.05, 0.1) is 0 Å². The van der Waals surface area contributed by atoms with Crippen molar-refractivity contribution in [3.8, 4) is 0 Å². The minimum absolute atomic E-state index is 0.0255. The van der Waals surface area contributed by atoms with Gasteiger partial charge in [0, 0.05) is 20.2 Å². The first-order valence-corrected chi connectivity index (χ1v) is 6.08. The van der Waals surface area contributed by atoms with Gasteiger partial charge in [-0.3, -0.25) is 4.79 Å². The van der Waals surface area contributed by atoms with Crippen molar-refractivity contribution < 1.29 is 9.53 Å². The lowest BCUT2D eigenvalue weighted by atomic mass is 10.1. The number of rotatable bonds is 4. The van der Waals surface area contributed by atoms with E-state index in [-0.39, 0.29) is 12.4 Å². The van der Waals surface area contributed by atoms with Crippen LogP contribution >= 0.6 is 38.5 Å². The van der Waals surface area contributed by atoms with Crippen molar-refractivity contribution in [1.82, 2.24) is 0 Å². The Labute approximate surface area is 105 Å². The lowest BCUT2D eigenvalue weighted by molar-refractivity contribution is 0.0782. The smallest absolute Gasteiger partial charge is 0.189 e. The molecule has 0 unspecified atom stereocenters. The zero-order chi connectivity index (χ0) is 10.6. The molecule has 0 aliphatic carbocycles. The Morgan fingerprint density at radius 1 is 1.57 bits per heavy atom. The van der Waals surface area contributed by atoms with E-state index in [1.165, 1.54) is 0 Å². The molecule has 0 aliphatic rings. The van der Waals surface area contributed by atoms with Gasteiger partial charge < -0.3 is 4.74 Å². The van der Waals surface area contributed by atoms with Crippen molar-refractivity contribution in [2.75, 3.05) is 13.2 Å². The maximum atomic E-state index is 11.6. The van der Waals surface area contributed by atoms with Crippen LogP contribution in [0, 0.1) is 3.57 Å². The number of carbonyl (C=O) groups is 1. The molecule has 0 N–H and O–H groups in total. The van der Waals surface area contributed by atoms with Gasteiger partial charge in [-0.25, -0.2) is 0 Å². The van der Waals surface area contributed by atoms with Crippen LogP contribution in [0.5, 0.6) is 0 Å². The number of hydrogen-bond donors (Lipinski definition) is 0. The third-order valence-corrected chi connectivity index (χ3v) is 3.10. The van der Waals surface area contributed by atoms with Gasteiger partial charge in [-0.1, -0.05) is 15.9 Å². The van der Waals surface area contributed by atoms with Gasteiger partial charge in [0.25, 0.3) is 0 Å². The van der Waals surface area contributed by atoms with E-state index in [0.717, 1.165) is 8.04 Å². The highest BCUT2D eigenvalue weighted by Gasteiger charge is 2.09. The molecule has 0 spiro atoms. The molecule has 0 amide bonds. The van der Waals surface area contributed by atoms with Crippen LogP contribution in [0.4, 0.5) is 0 Å². The highest BCUT2D eigenvalue weighted by molar-refractivity contribution is 14.1. The second kappa shape index (κ2) is 5.82. The number of hydrogen-bond acceptors (Lipinski definition) is 2. The van der Waals surface area contributed by atoms with Crippen LogP contribution in [0.2, 0.25) is 0 Å². The van der Waals surface area contributed by atoms with Gasteiger partial charge in [-0.2, -0.15) is 0 Å². The minimum Gasteiger partial charge on any atom is -0.374 e. The van der Waals surface area contributed by atoms with Gasteiger partial charge in [-0.05, 0) is 47.7 Å². The quantitative estimate of drug-likeness (QED) is 0.602. The van der Waals surface area contributed by atoms with Crippen molar-refractivity contribution >= 4 is 44.3 Å². The van der Waals surface area contributed by atoms with Gasteiger partial charge in [-0.15, -0.1) is 0 Å². The maximum absolute atomic E-state index is 11.6. The summed E-state index contributed by atoms with van der Waals surface area (Å²) in [5.41, 5.74) is 0.716. The summed E-state index contributed by atoms with van der Waals surface area (Å²) in [7, 11) is 0. The fraction of sp³-hybridized carbons (Fsp3) is 0.300. The first kappa shape index (κ1) is 12.1. The highest BCUT2D eigenvalue weighted by Crippen LogP contribution is 2.18. The minimum atomic E-state index is 0.0255. The fourth-order valence-corrected chi connectivity index (χ4v) is 1.98. The standard InChI is InChI=1S/C10H10BrIO2/c1-2-14-6-10(13)8-5-7(11)3-4-9(8)12/h3-5H,2,6H2,1H3. The van der Waals surface area contributed by atoms with Crippen LogP contribution < -0.4 is 0 Å². The first-order chi connectivity index (χ1) is 6.65. The molecule has 0 aromatic heterocycles. The van der Waals surface area contributed by atoms with E-state index >= 15 is 0 Å². The van der Waals surface area contributed by atoms with E-state index < -0.39 is 0 Å². The molecule has 1 aromatic carbocycles. The average molecular weight is 369 g/mol. The number of benzene rings is 1. The van der Waals surface area contributed by atoms with E-state index in [9.17, 15) is 4.79 Å². The predicted molar refractivity (Wildman–Crippen MR) is 67.7 cm³/mol. The molecule has 1 rings (SSSR count). The molecule has 14 heavy (non-hydrogen) atoms. The van der Waals surface area contributed by atoms with Crippen LogP contribution in [0.3, 0.4) is 0 Å². The summed E-state index contributed by atoms with van der Waals surface area (Å²) in [6.45, 7) is 2.60. The number of ether oxygens (including phenoxy) is 1. The Bertz CT molecular complexity index is 339. The molecule has 0 aliphatic heterocycles. The Hall–Kier alpha value is 0.0600. The summed E-state index contributed by atoms with van der Waals surface area (Å²) in [6.07, 6.45) is 0.